The molecule has 9 heteroatoms. The van der Waals surface area contributed by atoms with Crippen LogP contribution in [0.5, 0.6) is 11.5 Å². The van der Waals surface area contributed by atoms with Crippen LogP contribution >= 0.6 is 34.8 Å². The van der Waals surface area contributed by atoms with Gasteiger partial charge < -0.3 is 9.47 Å². The van der Waals surface area contributed by atoms with Crippen LogP contribution in [0, 0.1) is 0 Å². The number of rotatable bonds is 6. The fourth-order valence-electron chi connectivity index (χ4n) is 2.17. The number of hydrogen-bond donors (Lipinski definition) is 1. The predicted molar refractivity (Wildman–Crippen MR) is 96.6 cm³/mol. The zero-order valence-electron chi connectivity index (χ0n) is 13.1. The maximum Gasteiger partial charge on any atom is 0.204 e. The van der Waals surface area contributed by atoms with Crippen LogP contribution in [0.4, 0.5) is 0 Å². The molecule has 0 aliphatic carbocycles. The minimum Gasteiger partial charge on any atom is -0.490 e. The van der Waals surface area contributed by atoms with Gasteiger partial charge in [0.2, 0.25) is 5.82 Å². The van der Waals surface area contributed by atoms with E-state index in [1.54, 1.807) is 30.3 Å². The maximum absolute atomic E-state index is 6.37. The van der Waals surface area contributed by atoms with Crippen LogP contribution in [0.3, 0.4) is 0 Å². The van der Waals surface area contributed by atoms with Crippen molar-refractivity contribution >= 4 is 34.8 Å². The monoisotopic (exact) mass is 398 g/mol. The van der Waals surface area contributed by atoms with Crippen molar-refractivity contribution in [2.24, 2.45) is 0 Å². The molecule has 1 N–H and O–H groups in total. The van der Waals surface area contributed by atoms with Gasteiger partial charge in [0.15, 0.2) is 11.5 Å². The summed E-state index contributed by atoms with van der Waals surface area (Å²) >= 11 is 18.5. The molecule has 25 heavy (non-hydrogen) atoms. The first-order chi connectivity index (χ1) is 12.1. The molecule has 0 saturated carbocycles. The quantitative estimate of drug-likeness (QED) is 0.644. The number of H-pyrrole nitrogens is 1. The number of hydrogen-bond acceptors (Lipinski definition) is 5. The highest BCUT2D eigenvalue weighted by molar-refractivity contribution is 6.35. The van der Waals surface area contributed by atoms with E-state index in [0.29, 0.717) is 44.6 Å². The van der Waals surface area contributed by atoms with E-state index >= 15 is 0 Å². The summed E-state index contributed by atoms with van der Waals surface area (Å²) in [5.74, 6) is 1.32. The molecule has 0 amide bonds. The summed E-state index contributed by atoms with van der Waals surface area (Å²) in [4.78, 5) is 0. The first-order valence-electron chi connectivity index (χ1n) is 7.35. The van der Waals surface area contributed by atoms with Crippen LogP contribution in [0.1, 0.15) is 12.5 Å². The molecule has 3 rings (SSSR count). The Kier molecular flexibility index (Phi) is 5.63. The minimum absolute atomic E-state index is 0.220. The lowest BCUT2D eigenvalue weighted by atomic mass is 10.2. The molecule has 0 bridgehead atoms. The molecular formula is C16H13Cl3N4O2. The minimum atomic E-state index is 0.220. The van der Waals surface area contributed by atoms with Crippen LogP contribution in [-0.2, 0) is 6.61 Å². The average Bonchev–Trinajstić information content (AvgIpc) is 3.10. The highest BCUT2D eigenvalue weighted by Crippen LogP contribution is 2.39. The second-order valence-electron chi connectivity index (χ2n) is 4.98. The molecule has 1 heterocycles. The molecule has 3 aromatic rings. The Hall–Kier alpha value is -2.02. The molecule has 0 aliphatic heterocycles. The van der Waals surface area contributed by atoms with E-state index in [1.165, 1.54) is 0 Å². The third kappa shape index (κ3) is 4.15. The van der Waals surface area contributed by atoms with Gasteiger partial charge in [0, 0.05) is 21.2 Å². The number of aromatic amines is 1. The Morgan fingerprint density at radius 2 is 1.88 bits per heavy atom. The standard InChI is InChI=1S/C16H13Cl3N4O2/c1-2-24-14-6-10(16-20-22-23-21-16)5-13(19)15(14)25-8-9-3-4-11(17)7-12(9)18/h3-7H,2,8H2,1H3,(H,20,21,22,23). The van der Waals surface area contributed by atoms with Crippen molar-refractivity contribution in [2.45, 2.75) is 13.5 Å². The molecule has 0 unspecified atom stereocenters. The van der Waals surface area contributed by atoms with E-state index in [0.717, 1.165) is 5.56 Å². The lowest BCUT2D eigenvalue weighted by molar-refractivity contribution is 0.269. The Morgan fingerprint density at radius 1 is 1.04 bits per heavy atom. The fourth-order valence-corrected chi connectivity index (χ4v) is 2.90. The molecule has 0 atom stereocenters. The van der Waals surface area contributed by atoms with Crippen LogP contribution < -0.4 is 9.47 Å². The first kappa shape index (κ1) is 17.8. The van der Waals surface area contributed by atoms with Gasteiger partial charge in [0.1, 0.15) is 6.61 Å². The van der Waals surface area contributed by atoms with Crippen LogP contribution in [-0.4, -0.2) is 27.2 Å². The summed E-state index contributed by atoms with van der Waals surface area (Å²) in [7, 11) is 0. The zero-order chi connectivity index (χ0) is 17.8. The smallest absolute Gasteiger partial charge is 0.204 e. The lowest BCUT2D eigenvalue weighted by Crippen LogP contribution is -2.01. The highest BCUT2D eigenvalue weighted by atomic mass is 35.5. The van der Waals surface area contributed by atoms with Crippen LogP contribution in [0.15, 0.2) is 30.3 Å². The van der Waals surface area contributed by atoms with Crippen molar-refractivity contribution < 1.29 is 9.47 Å². The number of halogens is 3. The Labute approximate surface area is 159 Å². The maximum atomic E-state index is 6.37. The van der Waals surface area contributed by atoms with E-state index in [-0.39, 0.29) is 6.61 Å². The van der Waals surface area contributed by atoms with Crippen molar-refractivity contribution in [3.05, 3.63) is 51.0 Å². The molecule has 0 radical (unpaired) electrons. The molecular weight excluding hydrogens is 387 g/mol. The largest absolute Gasteiger partial charge is 0.490 e. The van der Waals surface area contributed by atoms with E-state index in [9.17, 15) is 0 Å². The first-order valence-corrected chi connectivity index (χ1v) is 8.48. The number of aromatic nitrogens is 4. The van der Waals surface area contributed by atoms with Gasteiger partial charge in [-0.05, 0) is 36.4 Å². The molecule has 0 aliphatic rings. The number of nitrogens with one attached hydrogen (secondary N) is 1. The predicted octanol–water partition coefficient (Wildman–Crippen LogP) is 4.80. The molecule has 130 valence electrons. The molecule has 1 aromatic heterocycles. The van der Waals surface area contributed by atoms with Gasteiger partial charge in [-0.3, -0.25) is 0 Å². The summed E-state index contributed by atoms with van der Waals surface area (Å²) in [6.07, 6.45) is 0. The van der Waals surface area contributed by atoms with Gasteiger partial charge in [-0.25, -0.2) is 0 Å². The number of nitrogens with zero attached hydrogens (tertiary/aromatic N) is 3. The van der Waals surface area contributed by atoms with Crippen molar-refractivity contribution in [2.75, 3.05) is 6.61 Å². The molecule has 0 spiro atoms. The van der Waals surface area contributed by atoms with E-state index in [4.69, 9.17) is 44.3 Å². The van der Waals surface area contributed by atoms with E-state index in [2.05, 4.69) is 20.6 Å². The van der Waals surface area contributed by atoms with Gasteiger partial charge in [-0.15, -0.1) is 10.2 Å². The summed E-state index contributed by atoms with van der Waals surface area (Å²) < 4.78 is 11.5. The normalized spacial score (nSPS) is 10.7. The third-order valence-electron chi connectivity index (χ3n) is 3.30. The average molecular weight is 400 g/mol. The van der Waals surface area contributed by atoms with E-state index in [1.807, 2.05) is 6.92 Å². The number of ether oxygens (including phenoxy) is 2. The van der Waals surface area contributed by atoms with Gasteiger partial charge in [-0.1, -0.05) is 40.9 Å². The summed E-state index contributed by atoms with van der Waals surface area (Å²) in [6.45, 7) is 2.54. The number of tetrazole rings is 1. The van der Waals surface area contributed by atoms with Gasteiger partial charge in [0.05, 0.1) is 11.6 Å². The molecule has 2 aromatic carbocycles. The van der Waals surface area contributed by atoms with Crippen LogP contribution in [0.2, 0.25) is 15.1 Å². The number of benzene rings is 2. The summed E-state index contributed by atoms with van der Waals surface area (Å²) in [5.41, 5.74) is 1.45. The Bertz CT molecular complexity index is 872. The lowest BCUT2D eigenvalue weighted by Gasteiger charge is -2.15. The van der Waals surface area contributed by atoms with Crippen molar-refractivity contribution in [3.8, 4) is 22.9 Å². The van der Waals surface area contributed by atoms with Gasteiger partial charge >= 0.3 is 0 Å². The van der Waals surface area contributed by atoms with Crippen molar-refractivity contribution in [1.29, 1.82) is 0 Å². The zero-order valence-corrected chi connectivity index (χ0v) is 15.4. The van der Waals surface area contributed by atoms with E-state index < -0.39 is 0 Å². The fraction of sp³-hybridized carbons (Fsp3) is 0.188. The highest BCUT2D eigenvalue weighted by Gasteiger charge is 2.16. The second-order valence-corrected chi connectivity index (χ2v) is 6.23. The summed E-state index contributed by atoms with van der Waals surface area (Å²) in [6, 6.07) is 8.64. The molecule has 6 nitrogen and oxygen atoms in total. The van der Waals surface area contributed by atoms with Gasteiger partial charge in [-0.2, -0.15) is 5.21 Å². The van der Waals surface area contributed by atoms with Crippen LogP contribution in [0.25, 0.3) is 11.4 Å². The Morgan fingerprint density at radius 3 is 2.56 bits per heavy atom. The molecule has 0 fully saturated rings. The topological polar surface area (TPSA) is 72.9 Å². The van der Waals surface area contributed by atoms with Gasteiger partial charge in [0.25, 0.3) is 0 Å². The van der Waals surface area contributed by atoms with Crippen molar-refractivity contribution in [1.82, 2.24) is 20.6 Å². The SMILES string of the molecule is CCOc1cc(-c2nn[nH]n2)cc(Cl)c1OCc1ccc(Cl)cc1Cl. The second kappa shape index (κ2) is 7.91. The third-order valence-corrected chi connectivity index (χ3v) is 4.17. The summed E-state index contributed by atoms with van der Waals surface area (Å²) in [5, 5.41) is 15.3. The van der Waals surface area contributed by atoms with Crippen molar-refractivity contribution in [3.63, 3.8) is 0 Å². The molecule has 0 saturated heterocycles. The Balaban J connectivity index is 1.89.